The van der Waals surface area contributed by atoms with Gasteiger partial charge in [0.05, 0.1) is 6.04 Å². The van der Waals surface area contributed by atoms with Gasteiger partial charge < -0.3 is 10.6 Å². The molecule has 1 unspecified atom stereocenters. The minimum atomic E-state index is -0.189. The summed E-state index contributed by atoms with van der Waals surface area (Å²) in [5.41, 5.74) is 2.84. The molecule has 0 aliphatic carbocycles. The lowest BCUT2D eigenvalue weighted by Crippen LogP contribution is -2.42. The van der Waals surface area contributed by atoms with E-state index in [4.69, 9.17) is 33.9 Å². The van der Waals surface area contributed by atoms with Crippen molar-refractivity contribution in [1.29, 1.82) is 0 Å². The highest BCUT2D eigenvalue weighted by Crippen LogP contribution is 2.29. The van der Waals surface area contributed by atoms with Crippen LogP contribution in [0.2, 0.25) is 5.02 Å². The molecule has 1 aliphatic rings. The Labute approximate surface area is 190 Å². The van der Waals surface area contributed by atoms with Crippen LogP contribution in [0, 0.1) is 0 Å². The van der Waals surface area contributed by atoms with Crippen LogP contribution in [-0.2, 0) is 0 Å². The number of nitrogens with one attached hydrogen (secondary N) is 2. The van der Waals surface area contributed by atoms with Gasteiger partial charge in [0.1, 0.15) is 5.82 Å². The van der Waals surface area contributed by atoms with Crippen LogP contribution in [0.5, 0.6) is 0 Å². The zero-order chi connectivity index (χ0) is 21.2. The first-order valence-corrected chi connectivity index (χ1v) is 10.6. The Hall–Kier alpha value is -3.48. The van der Waals surface area contributed by atoms with E-state index in [0.717, 1.165) is 28.3 Å². The minimum Gasteiger partial charge on any atom is -0.352 e. The van der Waals surface area contributed by atoms with E-state index in [9.17, 15) is 0 Å². The standard InChI is InChI=1S/C24H18ClN5S/c25-19-14-8-7-13-18(19)20-15-21(27-24(31)26-20)30-23(17-11-5-2-6-12-17)28-22(29-30)16-9-3-1-4-10-16/h1-15,20H,(H2,26,27,31). The van der Waals surface area contributed by atoms with Gasteiger partial charge in [-0.3, -0.25) is 0 Å². The average molecular weight is 444 g/mol. The summed E-state index contributed by atoms with van der Waals surface area (Å²) in [5.74, 6) is 2.09. The molecule has 0 amide bonds. The molecule has 4 aromatic rings. The van der Waals surface area contributed by atoms with Crippen molar-refractivity contribution in [3.8, 4) is 22.8 Å². The summed E-state index contributed by atoms with van der Waals surface area (Å²) in [4.78, 5) is 4.85. The zero-order valence-corrected chi connectivity index (χ0v) is 17.9. The molecular formula is C24H18ClN5S. The fourth-order valence-electron chi connectivity index (χ4n) is 3.52. The summed E-state index contributed by atoms with van der Waals surface area (Å²) in [5, 5.41) is 12.5. The first kappa shape index (κ1) is 19.5. The van der Waals surface area contributed by atoms with E-state index < -0.39 is 0 Å². The smallest absolute Gasteiger partial charge is 0.182 e. The second-order valence-corrected chi connectivity index (χ2v) is 7.87. The zero-order valence-electron chi connectivity index (χ0n) is 16.4. The van der Waals surface area contributed by atoms with Crippen LogP contribution in [0.4, 0.5) is 0 Å². The van der Waals surface area contributed by atoms with Crippen molar-refractivity contribution in [2.75, 3.05) is 0 Å². The largest absolute Gasteiger partial charge is 0.352 e. The summed E-state index contributed by atoms with van der Waals surface area (Å²) in [6.07, 6.45) is 2.02. The molecule has 0 saturated heterocycles. The number of benzene rings is 3. The highest BCUT2D eigenvalue weighted by Gasteiger charge is 2.24. The third-order valence-corrected chi connectivity index (χ3v) is 5.56. The van der Waals surface area contributed by atoms with Crippen molar-refractivity contribution in [3.63, 3.8) is 0 Å². The Morgan fingerprint density at radius 3 is 2.19 bits per heavy atom. The lowest BCUT2D eigenvalue weighted by atomic mass is 10.1. The second-order valence-electron chi connectivity index (χ2n) is 7.05. The molecule has 7 heteroatoms. The number of hydrogen-bond acceptors (Lipinski definition) is 3. The third kappa shape index (κ3) is 3.95. The van der Waals surface area contributed by atoms with E-state index in [2.05, 4.69) is 10.6 Å². The second kappa shape index (κ2) is 8.34. The lowest BCUT2D eigenvalue weighted by molar-refractivity contribution is 0.733. The van der Waals surface area contributed by atoms with Gasteiger partial charge in [0.15, 0.2) is 16.8 Å². The lowest BCUT2D eigenvalue weighted by Gasteiger charge is -2.26. The number of aromatic nitrogens is 3. The molecule has 0 bridgehead atoms. The predicted octanol–water partition coefficient (Wildman–Crippen LogP) is 5.28. The summed E-state index contributed by atoms with van der Waals surface area (Å²) in [7, 11) is 0. The predicted molar refractivity (Wildman–Crippen MR) is 128 cm³/mol. The van der Waals surface area contributed by atoms with Crippen molar-refractivity contribution < 1.29 is 0 Å². The van der Waals surface area contributed by atoms with Gasteiger partial charge in [-0.25, -0.2) is 4.98 Å². The summed E-state index contributed by atoms with van der Waals surface area (Å²) >= 11 is 11.9. The highest BCUT2D eigenvalue weighted by molar-refractivity contribution is 7.80. The molecular weight excluding hydrogens is 426 g/mol. The molecule has 0 saturated carbocycles. The molecule has 0 radical (unpaired) electrons. The monoisotopic (exact) mass is 443 g/mol. The van der Waals surface area contributed by atoms with Gasteiger partial charge in [-0.15, -0.1) is 5.10 Å². The maximum absolute atomic E-state index is 6.44. The van der Waals surface area contributed by atoms with Crippen molar-refractivity contribution in [2.45, 2.75) is 6.04 Å². The van der Waals surface area contributed by atoms with E-state index in [0.29, 0.717) is 16.0 Å². The highest BCUT2D eigenvalue weighted by atomic mass is 35.5. The van der Waals surface area contributed by atoms with Crippen molar-refractivity contribution in [2.24, 2.45) is 0 Å². The molecule has 1 aliphatic heterocycles. The van der Waals surface area contributed by atoms with Gasteiger partial charge >= 0.3 is 0 Å². The molecule has 0 fully saturated rings. The number of halogens is 1. The van der Waals surface area contributed by atoms with E-state index >= 15 is 0 Å². The first-order chi connectivity index (χ1) is 15.2. The van der Waals surface area contributed by atoms with Gasteiger partial charge in [0.2, 0.25) is 0 Å². The summed E-state index contributed by atoms with van der Waals surface area (Å²) < 4.78 is 1.80. The number of hydrogen-bond donors (Lipinski definition) is 2. The Balaban J connectivity index is 1.65. The SMILES string of the molecule is S=C1NC(n2nc(-c3ccccc3)nc2-c2ccccc2)=CC(c2ccccc2Cl)N1. The molecule has 31 heavy (non-hydrogen) atoms. The first-order valence-electron chi connectivity index (χ1n) is 9.81. The van der Waals surface area contributed by atoms with Crippen LogP contribution in [0.3, 0.4) is 0 Å². The van der Waals surface area contributed by atoms with Crippen LogP contribution < -0.4 is 10.6 Å². The van der Waals surface area contributed by atoms with Crippen molar-refractivity contribution >= 4 is 34.8 Å². The minimum absolute atomic E-state index is 0.189. The van der Waals surface area contributed by atoms with Crippen molar-refractivity contribution in [3.05, 3.63) is 102 Å². The molecule has 5 rings (SSSR count). The van der Waals surface area contributed by atoms with Gasteiger partial charge in [-0.05, 0) is 29.9 Å². The van der Waals surface area contributed by atoms with Gasteiger partial charge in [0, 0.05) is 16.1 Å². The fraction of sp³-hybridized carbons (Fsp3) is 0.0417. The summed E-state index contributed by atoms with van der Waals surface area (Å²) in [6, 6.07) is 27.4. The molecule has 5 nitrogen and oxygen atoms in total. The number of nitrogens with zero attached hydrogens (tertiary/aromatic N) is 3. The van der Waals surface area contributed by atoms with Gasteiger partial charge in [-0.2, -0.15) is 4.68 Å². The molecule has 2 N–H and O–H groups in total. The van der Waals surface area contributed by atoms with Gasteiger partial charge in [-0.1, -0.05) is 90.5 Å². The van der Waals surface area contributed by atoms with Crippen LogP contribution in [0.25, 0.3) is 28.6 Å². The Kier molecular flexibility index (Phi) is 5.24. The molecule has 0 spiro atoms. The normalized spacial score (nSPS) is 15.7. The number of thiocarbonyl (C=S) groups is 1. The Morgan fingerprint density at radius 2 is 1.48 bits per heavy atom. The van der Waals surface area contributed by atoms with E-state index in [-0.39, 0.29) is 6.04 Å². The van der Waals surface area contributed by atoms with Crippen LogP contribution in [0.15, 0.2) is 91.0 Å². The Morgan fingerprint density at radius 1 is 0.839 bits per heavy atom. The average Bonchev–Trinajstić information content (AvgIpc) is 3.26. The topological polar surface area (TPSA) is 54.8 Å². The molecule has 2 heterocycles. The molecule has 152 valence electrons. The molecule has 1 atom stereocenters. The van der Waals surface area contributed by atoms with E-state index in [1.165, 1.54) is 0 Å². The van der Waals surface area contributed by atoms with Crippen LogP contribution in [-0.4, -0.2) is 19.9 Å². The maximum Gasteiger partial charge on any atom is 0.182 e. The fourth-order valence-corrected chi connectivity index (χ4v) is 4.00. The van der Waals surface area contributed by atoms with Crippen LogP contribution in [0.1, 0.15) is 11.6 Å². The van der Waals surface area contributed by atoms with Crippen LogP contribution >= 0.6 is 23.8 Å². The summed E-state index contributed by atoms with van der Waals surface area (Å²) in [6.45, 7) is 0. The quantitative estimate of drug-likeness (QED) is 0.420. The molecule has 1 aromatic heterocycles. The van der Waals surface area contributed by atoms with Gasteiger partial charge in [0.25, 0.3) is 0 Å². The van der Waals surface area contributed by atoms with E-state index in [1.807, 2.05) is 91.0 Å². The molecule has 3 aromatic carbocycles. The van der Waals surface area contributed by atoms with Crippen molar-refractivity contribution in [1.82, 2.24) is 25.4 Å². The van der Waals surface area contributed by atoms with E-state index in [1.54, 1.807) is 4.68 Å². The number of rotatable bonds is 4. The maximum atomic E-state index is 6.44. The Bertz CT molecular complexity index is 1270. The third-order valence-electron chi connectivity index (χ3n) is 4.99.